The molecular weight excluding hydrogens is 356 g/mol. The highest BCUT2D eigenvalue weighted by molar-refractivity contribution is 6.30. The second-order valence-electron chi connectivity index (χ2n) is 6.65. The van der Waals surface area contributed by atoms with Gasteiger partial charge in [0.05, 0.1) is 6.04 Å². The maximum absolute atomic E-state index is 12.4. The third kappa shape index (κ3) is 3.90. The van der Waals surface area contributed by atoms with Gasteiger partial charge in [0.15, 0.2) is 5.76 Å². The van der Waals surface area contributed by atoms with Crippen LogP contribution in [0.3, 0.4) is 0 Å². The van der Waals surface area contributed by atoms with Crippen molar-refractivity contribution in [1.29, 1.82) is 0 Å². The van der Waals surface area contributed by atoms with E-state index in [0.29, 0.717) is 10.6 Å². The fourth-order valence-corrected chi connectivity index (χ4v) is 3.50. The number of nitrogens with zero attached hydrogens (tertiary/aromatic N) is 1. The molecule has 3 rings (SSSR count). The van der Waals surface area contributed by atoms with Crippen LogP contribution in [0.4, 0.5) is 0 Å². The number of aromatic carboxylic acids is 1. The lowest BCUT2D eigenvalue weighted by atomic mass is 9.88. The number of hydrogen-bond donors (Lipinski definition) is 2. The van der Waals surface area contributed by atoms with Gasteiger partial charge in [-0.1, -0.05) is 48.2 Å². The van der Waals surface area contributed by atoms with Crippen LogP contribution in [0.25, 0.3) is 11.3 Å². The van der Waals surface area contributed by atoms with E-state index < -0.39 is 12.0 Å². The summed E-state index contributed by atoms with van der Waals surface area (Å²) in [6.45, 7) is 1.71. The standard InChI is InChI=1S/C19H21ClN2O4/c1-11(21-18(23)13-5-3-2-4-6-13)17-15(19(24)25)16(22-26-17)12-7-9-14(20)10-8-12/h7-11,13H,2-6H2,1H3,(H,21,23)(H,24,25)/t11-/m1/s1. The Kier molecular flexibility index (Phi) is 5.61. The SMILES string of the molecule is C[C@@H](NC(=O)C1CCCCC1)c1onc(-c2ccc(Cl)cc2)c1C(=O)O. The zero-order valence-corrected chi connectivity index (χ0v) is 15.3. The van der Waals surface area contributed by atoms with Gasteiger partial charge in [-0.05, 0) is 31.9 Å². The molecule has 1 heterocycles. The van der Waals surface area contributed by atoms with E-state index in [1.807, 2.05) is 0 Å². The van der Waals surface area contributed by atoms with Gasteiger partial charge in [0, 0.05) is 16.5 Å². The number of carbonyl (C=O) groups is 2. The molecule has 0 radical (unpaired) electrons. The molecule has 1 amide bonds. The summed E-state index contributed by atoms with van der Waals surface area (Å²) in [5, 5.41) is 17.0. The van der Waals surface area contributed by atoms with Gasteiger partial charge in [0.2, 0.25) is 5.91 Å². The second-order valence-corrected chi connectivity index (χ2v) is 7.08. The van der Waals surface area contributed by atoms with Crippen molar-refractivity contribution in [3.8, 4) is 11.3 Å². The van der Waals surface area contributed by atoms with Gasteiger partial charge >= 0.3 is 5.97 Å². The Bertz CT molecular complexity index is 794. The first-order valence-electron chi connectivity index (χ1n) is 8.76. The molecule has 2 aromatic rings. The normalized spacial score (nSPS) is 16.2. The predicted molar refractivity (Wildman–Crippen MR) is 97.0 cm³/mol. The van der Waals surface area contributed by atoms with Crippen LogP contribution < -0.4 is 5.32 Å². The number of carboxylic acids is 1. The molecule has 1 saturated carbocycles. The summed E-state index contributed by atoms with van der Waals surface area (Å²) < 4.78 is 5.31. The number of carboxylic acid groups (broad SMARTS) is 1. The highest BCUT2D eigenvalue weighted by Gasteiger charge is 2.29. The Hall–Kier alpha value is -2.34. The Morgan fingerprint density at radius 1 is 1.23 bits per heavy atom. The van der Waals surface area contributed by atoms with Gasteiger partial charge in [-0.15, -0.1) is 0 Å². The monoisotopic (exact) mass is 376 g/mol. The maximum Gasteiger partial charge on any atom is 0.341 e. The van der Waals surface area contributed by atoms with Crippen molar-refractivity contribution < 1.29 is 19.2 Å². The van der Waals surface area contributed by atoms with Gasteiger partial charge in [0.1, 0.15) is 11.3 Å². The Balaban J connectivity index is 1.84. The minimum Gasteiger partial charge on any atom is -0.477 e. The number of amides is 1. The zero-order valence-electron chi connectivity index (χ0n) is 14.5. The number of halogens is 1. The maximum atomic E-state index is 12.4. The molecule has 1 atom stereocenters. The van der Waals surface area contributed by atoms with Gasteiger partial charge in [-0.2, -0.15) is 0 Å². The molecule has 0 aliphatic heterocycles. The second kappa shape index (κ2) is 7.91. The predicted octanol–water partition coefficient (Wildman–Crippen LogP) is 4.45. The molecule has 0 unspecified atom stereocenters. The molecule has 7 heteroatoms. The van der Waals surface area contributed by atoms with Crippen molar-refractivity contribution in [3.05, 3.63) is 40.6 Å². The molecule has 0 bridgehead atoms. The molecule has 1 aliphatic carbocycles. The number of nitrogens with one attached hydrogen (secondary N) is 1. The highest BCUT2D eigenvalue weighted by Crippen LogP contribution is 2.31. The molecule has 138 valence electrons. The quantitative estimate of drug-likeness (QED) is 0.804. The summed E-state index contributed by atoms with van der Waals surface area (Å²) in [6.07, 6.45) is 5.01. The van der Waals surface area contributed by atoms with E-state index in [1.165, 1.54) is 0 Å². The largest absolute Gasteiger partial charge is 0.477 e. The molecule has 1 aromatic heterocycles. The molecule has 1 fully saturated rings. The van der Waals surface area contributed by atoms with Crippen molar-refractivity contribution in [2.24, 2.45) is 5.92 Å². The fraction of sp³-hybridized carbons (Fsp3) is 0.421. The zero-order chi connectivity index (χ0) is 18.7. The van der Waals surface area contributed by atoms with Crippen LogP contribution in [-0.2, 0) is 4.79 Å². The van der Waals surface area contributed by atoms with Crippen LogP contribution >= 0.6 is 11.6 Å². The Morgan fingerprint density at radius 3 is 2.50 bits per heavy atom. The van der Waals surface area contributed by atoms with Crippen molar-refractivity contribution in [1.82, 2.24) is 10.5 Å². The number of benzene rings is 1. The van der Waals surface area contributed by atoms with E-state index in [4.69, 9.17) is 16.1 Å². The summed E-state index contributed by atoms with van der Waals surface area (Å²) in [5.41, 5.74) is 0.777. The number of aromatic nitrogens is 1. The van der Waals surface area contributed by atoms with E-state index >= 15 is 0 Å². The molecule has 26 heavy (non-hydrogen) atoms. The van der Waals surface area contributed by atoms with Crippen LogP contribution in [0.5, 0.6) is 0 Å². The van der Waals surface area contributed by atoms with E-state index in [9.17, 15) is 14.7 Å². The first-order valence-corrected chi connectivity index (χ1v) is 9.14. The molecule has 0 spiro atoms. The smallest absolute Gasteiger partial charge is 0.341 e. The summed E-state index contributed by atoms with van der Waals surface area (Å²) in [5.74, 6) is -1.08. The highest BCUT2D eigenvalue weighted by atomic mass is 35.5. The molecule has 1 aliphatic rings. The van der Waals surface area contributed by atoms with Gasteiger partial charge in [-0.25, -0.2) is 4.79 Å². The van der Waals surface area contributed by atoms with E-state index in [2.05, 4.69) is 10.5 Å². The van der Waals surface area contributed by atoms with Crippen LogP contribution in [0.2, 0.25) is 5.02 Å². The number of rotatable bonds is 5. The lowest BCUT2D eigenvalue weighted by Crippen LogP contribution is -2.34. The van der Waals surface area contributed by atoms with Crippen LogP contribution in [-0.4, -0.2) is 22.1 Å². The third-order valence-electron chi connectivity index (χ3n) is 4.78. The number of hydrogen-bond acceptors (Lipinski definition) is 4. The molecule has 6 nitrogen and oxygen atoms in total. The molecule has 0 saturated heterocycles. The number of carbonyl (C=O) groups excluding carboxylic acids is 1. The van der Waals surface area contributed by atoms with Crippen molar-refractivity contribution >= 4 is 23.5 Å². The summed E-state index contributed by atoms with van der Waals surface area (Å²) in [6, 6.07) is 6.10. The van der Waals surface area contributed by atoms with E-state index in [-0.39, 0.29) is 28.8 Å². The van der Waals surface area contributed by atoms with Gasteiger partial charge in [-0.3, -0.25) is 4.79 Å². The first-order chi connectivity index (χ1) is 12.5. The first kappa shape index (κ1) is 18.5. The Labute approximate surface area is 156 Å². The fourth-order valence-electron chi connectivity index (χ4n) is 3.37. The third-order valence-corrected chi connectivity index (χ3v) is 5.03. The lowest BCUT2D eigenvalue weighted by Gasteiger charge is -2.22. The van der Waals surface area contributed by atoms with Crippen molar-refractivity contribution in [2.45, 2.75) is 45.1 Å². The minimum absolute atomic E-state index is 0.0156. The van der Waals surface area contributed by atoms with Gasteiger partial charge < -0.3 is 14.9 Å². The van der Waals surface area contributed by atoms with Crippen molar-refractivity contribution in [3.63, 3.8) is 0 Å². The lowest BCUT2D eigenvalue weighted by molar-refractivity contribution is -0.126. The molecular formula is C19H21ClN2O4. The van der Waals surface area contributed by atoms with E-state index in [0.717, 1.165) is 32.1 Å². The summed E-state index contributed by atoms with van der Waals surface area (Å²) >= 11 is 5.88. The average molecular weight is 377 g/mol. The summed E-state index contributed by atoms with van der Waals surface area (Å²) in [4.78, 5) is 24.2. The van der Waals surface area contributed by atoms with E-state index in [1.54, 1.807) is 31.2 Å². The van der Waals surface area contributed by atoms with Crippen LogP contribution in [0.15, 0.2) is 28.8 Å². The molecule has 2 N–H and O–H groups in total. The molecule has 1 aromatic carbocycles. The van der Waals surface area contributed by atoms with Gasteiger partial charge in [0.25, 0.3) is 0 Å². The van der Waals surface area contributed by atoms with Crippen LogP contribution in [0.1, 0.15) is 61.2 Å². The van der Waals surface area contributed by atoms with Crippen molar-refractivity contribution in [2.75, 3.05) is 0 Å². The Morgan fingerprint density at radius 2 is 1.88 bits per heavy atom. The summed E-state index contributed by atoms with van der Waals surface area (Å²) in [7, 11) is 0. The van der Waals surface area contributed by atoms with Crippen LogP contribution in [0, 0.1) is 5.92 Å². The average Bonchev–Trinajstić information content (AvgIpc) is 3.08. The topological polar surface area (TPSA) is 92.4 Å². The minimum atomic E-state index is -1.15.